The first-order valence-corrected chi connectivity index (χ1v) is 10.0. The third-order valence-electron chi connectivity index (χ3n) is 5.61. The maximum absolute atomic E-state index is 14.6. The highest BCUT2D eigenvalue weighted by molar-refractivity contribution is 6.51. The molecule has 1 aromatic heterocycles. The van der Waals surface area contributed by atoms with Gasteiger partial charge < -0.3 is 14.3 Å². The number of carbonyl (C=O) groups is 2. The van der Waals surface area contributed by atoms with Gasteiger partial charge in [0.25, 0.3) is 11.7 Å². The third kappa shape index (κ3) is 3.15. The van der Waals surface area contributed by atoms with Crippen molar-refractivity contribution in [2.24, 2.45) is 0 Å². The Labute approximate surface area is 181 Å². The fraction of sp³-hybridized carbons (Fsp3) is 0.167. The van der Waals surface area contributed by atoms with Gasteiger partial charge in [0.05, 0.1) is 24.1 Å². The van der Waals surface area contributed by atoms with E-state index >= 15 is 0 Å². The standard InChI is InChI=1S/C24H17F2NO5/c25-15-6-7-17(16(26)12-15)27-21(19-4-2-10-32-19)20(23(29)24(27)30)22(28)14-5-8-18-13(11-14)3-1-9-31-18/h2,4-8,10-12,21,28H,1,3,9H2/b22-20-. The number of furan rings is 1. The highest BCUT2D eigenvalue weighted by atomic mass is 19.1. The predicted octanol–water partition coefficient (Wildman–Crippen LogP) is 4.51. The fourth-order valence-corrected chi connectivity index (χ4v) is 4.14. The Morgan fingerprint density at radius 1 is 1.09 bits per heavy atom. The topological polar surface area (TPSA) is 80.0 Å². The number of halogens is 2. The molecule has 1 amide bonds. The van der Waals surface area contributed by atoms with Gasteiger partial charge in [0.2, 0.25) is 0 Å². The zero-order valence-corrected chi connectivity index (χ0v) is 16.7. The van der Waals surface area contributed by atoms with Crippen LogP contribution < -0.4 is 9.64 Å². The summed E-state index contributed by atoms with van der Waals surface area (Å²) in [4.78, 5) is 26.8. The van der Waals surface area contributed by atoms with E-state index in [1.165, 1.54) is 12.3 Å². The van der Waals surface area contributed by atoms with Crippen LogP contribution in [0.3, 0.4) is 0 Å². The first-order chi connectivity index (χ1) is 15.5. The molecule has 2 aromatic carbocycles. The number of hydrogen-bond acceptors (Lipinski definition) is 5. The van der Waals surface area contributed by atoms with Gasteiger partial charge in [0.1, 0.15) is 34.9 Å². The summed E-state index contributed by atoms with van der Waals surface area (Å²) in [5.41, 5.74) is 0.648. The Kier molecular flexibility index (Phi) is 4.77. The highest BCUT2D eigenvalue weighted by Crippen LogP contribution is 2.43. The number of ether oxygens (including phenoxy) is 1. The first-order valence-electron chi connectivity index (χ1n) is 10.0. The van der Waals surface area contributed by atoms with E-state index in [0.717, 1.165) is 35.4 Å². The molecule has 0 saturated carbocycles. The molecule has 6 nitrogen and oxygen atoms in total. The average molecular weight is 437 g/mol. The lowest BCUT2D eigenvalue weighted by atomic mass is 9.96. The second-order valence-electron chi connectivity index (χ2n) is 7.55. The van der Waals surface area contributed by atoms with Crippen molar-refractivity contribution in [2.75, 3.05) is 11.5 Å². The maximum atomic E-state index is 14.6. The number of benzene rings is 2. The monoisotopic (exact) mass is 437 g/mol. The minimum Gasteiger partial charge on any atom is -0.507 e. The molecule has 5 rings (SSSR count). The largest absolute Gasteiger partial charge is 0.507 e. The van der Waals surface area contributed by atoms with Gasteiger partial charge in [0.15, 0.2) is 0 Å². The maximum Gasteiger partial charge on any atom is 0.300 e. The lowest BCUT2D eigenvalue weighted by Gasteiger charge is -2.24. The SMILES string of the molecule is O=C1C(=O)N(c2ccc(F)cc2F)C(c2ccco2)/C1=C(/O)c1ccc2c(c1)CCCO2. The number of anilines is 1. The molecule has 8 heteroatoms. The number of carbonyl (C=O) groups excluding carboxylic acids is 2. The van der Waals surface area contributed by atoms with Gasteiger partial charge in [-0.05, 0) is 60.9 Å². The Morgan fingerprint density at radius 3 is 2.69 bits per heavy atom. The van der Waals surface area contributed by atoms with Crippen LogP contribution in [-0.2, 0) is 16.0 Å². The van der Waals surface area contributed by atoms with Gasteiger partial charge in [-0.25, -0.2) is 8.78 Å². The molecule has 1 unspecified atom stereocenters. The molecule has 1 fully saturated rings. The summed E-state index contributed by atoms with van der Waals surface area (Å²) in [6.07, 6.45) is 2.90. The van der Waals surface area contributed by atoms with Crippen molar-refractivity contribution in [1.82, 2.24) is 0 Å². The van der Waals surface area contributed by atoms with E-state index in [1.54, 1.807) is 24.3 Å². The number of hydrogen-bond donors (Lipinski definition) is 1. The summed E-state index contributed by atoms with van der Waals surface area (Å²) in [5, 5.41) is 11.1. The van der Waals surface area contributed by atoms with Crippen LogP contribution in [0.2, 0.25) is 0 Å². The lowest BCUT2D eigenvalue weighted by molar-refractivity contribution is -0.132. The Balaban J connectivity index is 1.68. The number of fused-ring (bicyclic) bond motifs is 1. The Bertz CT molecular complexity index is 1270. The van der Waals surface area contributed by atoms with Crippen molar-refractivity contribution in [2.45, 2.75) is 18.9 Å². The summed E-state index contributed by atoms with van der Waals surface area (Å²) in [5.74, 6) is -3.47. The van der Waals surface area contributed by atoms with Crippen molar-refractivity contribution in [3.63, 3.8) is 0 Å². The van der Waals surface area contributed by atoms with Crippen LogP contribution in [0.4, 0.5) is 14.5 Å². The normalized spacial score (nSPS) is 19.7. The molecule has 2 aliphatic heterocycles. The molecule has 32 heavy (non-hydrogen) atoms. The van der Waals surface area contributed by atoms with Crippen LogP contribution >= 0.6 is 0 Å². The highest BCUT2D eigenvalue weighted by Gasteiger charge is 2.49. The second-order valence-corrected chi connectivity index (χ2v) is 7.55. The molecular formula is C24H17F2NO5. The number of aryl methyl sites for hydroxylation is 1. The van der Waals surface area contributed by atoms with E-state index in [-0.39, 0.29) is 17.0 Å². The number of aliphatic hydroxyl groups is 1. The van der Waals surface area contributed by atoms with Gasteiger partial charge in [-0.3, -0.25) is 14.5 Å². The van der Waals surface area contributed by atoms with Crippen LogP contribution in [-0.4, -0.2) is 23.4 Å². The van der Waals surface area contributed by atoms with Gasteiger partial charge in [-0.2, -0.15) is 0 Å². The molecule has 0 aliphatic carbocycles. The zero-order valence-electron chi connectivity index (χ0n) is 16.7. The fourth-order valence-electron chi connectivity index (χ4n) is 4.14. The number of amides is 1. The molecule has 1 atom stereocenters. The second kappa shape index (κ2) is 7.64. The van der Waals surface area contributed by atoms with Crippen molar-refractivity contribution in [3.8, 4) is 5.75 Å². The van der Waals surface area contributed by atoms with Crippen molar-refractivity contribution >= 4 is 23.1 Å². The van der Waals surface area contributed by atoms with Crippen LogP contribution in [0.25, 0.3) is 5.76 Å². The van der Waals surface area contributed by atoms with Crippen LogP contribution in [0.1, 0.15) is 29.3 Å². The van der Waals surface area contributed by atoms with Crippen molar-refractivity contribution in [3.05, 3.63) is 88.9 Å². The number of Topliss-reactive ketones (excluding diaryl/α,β-unsaturated/α-hetero) is 1. The minimum absolute atomic E-state index is 0.149. The number of rotatable bonds is 3. The third-order valence-corrected chi connectivity index (χ3v) is 5.61. The summed E-state index contributed by atoms with van der Waals surface area (Å²) >= 11 is 0. The molecule has 3 heterocycles. The molecule has 0 bridgehead atoms. The molecule has 162 valence electrons. The molecule has 2 aliphatic rings. The summed E-state index contributed by atoms with van der Waals surface area (Å²) in [6, 6.07) is 9.50. The summed E-state index contributed by atoms with van der Waals surface area (Å²) in [7, 11) is 0. The summed E-state index contributed by atoms with van der Waals surface area (Å²) < 4.78 is 39.1. The van der Waals surface area contributed by atoms with Crippen molar-refractivity contribution < 1.29 is 32.6 Å². The summed E-state index contributed by atoms with van der Waals surface area (Å²) in [6.45, 7) is 0.602. The van der Waals surface area contributed by atoms with E-state index in [9.17, 15) is 23.5 Å². The van der Waals surface area contributed by atoms with E-state index < -0.39 is 35.1 Å². The molecule has 0 radical (unpaired) electrons. The van der Waals surface area contributed by atoms with E-state index in [0.29, 0.717) is 24.0 Å². The lowest BCUT2D eigenvalue weighted by Crippen LogP contribution is -2.30. The number of aliphatic hydroxyl groups excluding tert-OH is 1. The van der Waals surface area contributed by atoms with Gasteiger partial charge in [0, 0.05) is 11.6 Å². The quantitative estimate of drug-likeness (QED) is 0.371. The molecule has 1 N–H and O–H groups in total. The number of ketones is 1. The van der Waals surface area contributed by atoms with E-state index in [1.807, 2.05) is 0 Å². The first kappa shape index (κ1) is 20.0. The van der Waals surface area contributed by atoms with Crippen LogP contribution in [0, 0.1) is 11.6 Å². The van der Waals surface area contributed by atoms with Crippen LogP contribution in [0.15, 0.2) is 64.8 Å². The molecule has 3 aromatic rings. The minimum atomic E-state index is -1.22. The van der Waals surface area contributed by atoms with Gasteiger partial charge >= 0.3 is 0 Å². The van der Waals surface area contributed by atoms with Gasteiger partial charge in [-0.1, -0.05) is 0 Å². The predicted molar refractivity (Wildman–Crippen MR) is 110 cm³/mol. The molecule has 1 saturated heterocycles. The van der Waals surface area contributed by atoms with Crippen molar-refractivity contribution in [1.29, 1.82) is 0 Å². The van der Waals surface area contributed by atoms with E-state index in [4.69, 9.17) is 9.15 Å². The average Bonchev–Trinajstić information content (AvgIpc) is 3.40. The Morgan fingerprint density at radius 2 is 1.94 bits per heavy atom. The van der Waals surface area contributed by atoms with E-state index in [2.05, 4.69) is 0 Å². The number of nitrogens with zero attached hydrogens (tertiary/aromatic N) is 1. The molecular weight excluding hydrogens is 420 g/mol. The van der Waals surface area contributed by atoms with Gasteiger partial charge in [-0.15, -0.1) is 0 Å². The van der Waals surface area contributed by atoms with Crippen LogP contribution in [0.5, 0.6) is 5.75 Å². The molecule has 0 spiro atoms. The smallest absolute Gasteiger partial charge is 0.300 e. The zero-order chi connectivity index (χ0) is 22.4. The Hall–Kier alpha value is -3.94.